The second-order valence-corrected chi connectivity index (χ2v) is 4.65. The predicted molar refractivity (Wildman–Crippen MR) is 71.6 cm³/mol. The Balaban J connectivity index is 2.20. The predicted octanol–water partition coefficient (Wildman–Crippen LogP) is 2.61. The van der Waals surface area contributed by atoms with Crippen LogP contribution >= 0.6 is 0 Å². The molecule has 0 aliphatic carbocycles. The van der Waals surface area contributed by atoms with Gasteiger partial charge in [0.25, 0.3) is 0 Å². The Hall–Kier alpha value is -1.97. The van der Waals surface area contributed by atoms with Crippen molar-refractivity contribution in [1.29, 1.82) is 0 Å². The second kappa shape index (κ2) is 4.05. The fraction of sp³-hybridized carbons (Fsp3) is 0.357. The van der Waals surface area contributed by atoms with E-state index in [4.69, 9.17) is 9.47 Å². The first kappa shape index (κ1) is 11.1. The van der Waals surface area contributed by atoms with Gasteiger partial charge in [0.2, 0.25) is 0 Å². The van der Waals surface area contributed by atoms with Crippen LogP contribution in [0.5, 0.6) is 11.5 Å². The number of methoxy groups -OCH3 is 2. The average Bonchev–Trinajstić information content (AvgIpc) is 2.73. The van der Waals surface area contributed by atoms with Gasteiger partial charge in [0.15, 0.2) is 11.5 Å². The Morgan fingerprint density at radius 2 is 1.89 bits per heavy atom. The Morgan fingerprint density at radius 1 is 1.17 bits per heavy atom. The van der Waals surface area contributed by atoms with Gasteiger partial charge in [-0.25, -0.2) is 4.98 Å². The molecule has 0 radical (unpaired) electrons. The minimum absolute atomic E-state index is 0.452. The van der Waals surface area contributed by atoms with E-state index in [1.54, 1.807) is 14.2 Å². The van der Waals surface area contributed by atoms with Crippen LogP contribution in [0.3, 0.4) is 0 Å². The van der Waals surface area contributed by atoms with Crippen molar-refractivity contribution in [3.05, 3.63) is 23.8 Å². The summed E-state index contributed by atoms with van der Waals surface area (Å²) in [4.78, 5) is 4.64. The van der Waals surface area contributed by atoms with Gasteiger partial charge >= 0.3 is 0 Å². The Labute approximate surface area is 106 Å². The Bertz CT molecular complexity index is 558. The first-order chi connectivity index (χ1) is 8.71. The number of anilines is 1. The maximum absolute atomic E-state index is 5.32. The lowest BCUT2D eigenvalue weighted by molar-refractivity contribution is 0.356. The van der Waals surface area contributed by atoms with Gasteiger partial charge in [-0.05, 0) is 31.0 Å². The number of ether oxygens (including phenoxy) is 2. The molecule has 2 aromatic rings. The molecular weight excluding hydrogens is 228 g/mol. The molecule has 0 saturated carbocycles. The van der Waals surface area contributed by atoms with E-state index in [9.17, 15) is 0 Å². The van der Waals surface area contributed by atoms with Crippen LogP contribution in [0.25, 0.3) is 10.9 Å². The summed E-state index contributed by atoms with van der Waals surface area (Å²) >= 11 is 0. The van der Waals surface area contributed by atoms with E-state index in [1.807, 2.05) is 12.1 Å². The highest BCUT2D eigenvalue weighted by molar-refractivity contribution is 5.85. The monoisotopic (exact) mass is 244 g/mol. The quantitative estimate of drug-likeness (QED) is 0.881. The van der Waals surface area contributed by atoms with Gasteiger partial charge in [-0.3, -0.25) is 0 Å². The number of hydrogen-bond acceptors (Lipinski definition) is 4. The van der Waals surface area contributed by atoms with E-state index in [0.29, 0.717) is 11.8 Å². The zero-order valence-corrected chi connectivity index (χ0v) is 10.8. The number of benzene rings is 1. The third-order valence-corrected chi connectivity index (χ3v) is 3.31. The van der Waals surface area contributed by atoms with Gasteiger partial charge in [0.05, 0.1) is 19.7 Å². The summed E-state index contributed by atoms with van der Waals surface area (Å²) in [6, 6.07) is 6.52. The summed E-state index contributed by atoms with van der Waals surface area (Å²) < 4.78 is 10.6. The van der Waals surface area contributed by atoms with Gasteiger partial charge in [-0.15, -0.1) is 0 Å². The van der Waals surface area contributed by atoms with Crippen molar-refractivity contribution in [3.8, 4) is 11.5 Å². The van der Waals surface area contributed by atoms with E-state index >= 15 is 0 Å². The second-order valence-electron chi connectivity index (χ2n) is 4.65. The summed E-state index contributed by atoms with van der Waals surface area (Å²) in [6.45, 7) is 2.16. The molecule has 0 amide bonds. The van der Waals surface area contributed by atoms with Gasteiger partial charge in [-0.2, -0.15) is 0 Å². The van der Waals surface area contributed by atoms with Crippen LogP contribution in [0, 0.1) is 0 Å². The number of nitrogens with zero attached hydrogens (tertiary/aromatic N) is 1. The van der Waals surface area contributed by atoms with Crippen molar-refractivity contribution >= 4 is 16.7 Å². The molecule has 94 valence electrons. The lowest BCUT2D eigenvalue weighted by atomic mass is 10.1. The van der Waals surface area contributed by atoms with E-state index in [-0.39, 0.29) is 0 Å². The number of fused-ring (bicyclic) bond motifs is 2. The topological polar surface area (TPSA) is 43.4 Å². The van der Waals surface area contributed by atoms with Crippen LogP contribution in [0.2, 0.25) is 0 Å². The molecule has 1 unspecified atom stereocenters. The van der Waals surface area contributed by atoms with Crippen LogP contribution in [0.4, 0.5) is 5.82 Å². The average molecular weight is 244 g/mol. The number of aromatic nitrogens is 1. The van der Waals surface area contributed by atoms with E-state index < -0.39 is 0 Å². The molecule has 0 saturated heterocycles. The van der Waals surface area contributed by atoms with Crippen LogP contribution in [0.1, 0.15) is 12.5 Å². The molecule has 0 spiro atoms. The molecule has 2 heterocycles. The molecule has 18 heavy (non-hydrogen) atoms. The van der Waals surface area contributed by atoms with Gasteiger partial charge < -0.3 is 14.8 Å². The van der Waals surface area contributed by atoms with Crippen molar-refractivity contribution in [2.24, 2.45) is 0 Å². The van der Waals surface area contributed by atoms with Crippen LogP contribution in [-0.4, -0.2) is 25.2 Å². The highest BCUT2D eigenvalue weighted by atomic mass is 16.5. The molecule has 0 bridgehead atoms. The number of pyridine rings is 1. The fourth-order valence-corrected chi connectivity index (χ4v) is 2.44. The zero-order valence-electron chi connectivity index (χ0n) is 10.8. The maximum Gasteiger partial charge on any atom is 0.162 e. The number of hydrogen-bond donors (Lipinski definition) is 1. The fourth-order valence-electron chi connectivity index (χ4n) is 2.44. The molecule has 3 rings (SSSR count). The van der Waals surface area contributed by atoms with Gasteiger partial charge in [-0.1, -0.05) is 0 Å². The SMILES string of the molecule is COc1cc2cc3c(nc2cc1OC)NC(C)C3. The first-order valence-corrected chi connectivity index (χ1v) is 6.03. The number of nitrogens with one attached hydrogen (secondary N) is 1. The van der Waals surface area contributed by atoms with E-state index in [2.05, 4.69) is 23.3 Å². The first-order valence-electron chi connectivity index (χ1n) is 6.03. The smallest absolute Gasteiger partial charge is 0.162 e. The summed E-state index contributed by atoms with van der Waals surface area (Å²) in [7, 11) is 3.28. The molecule has 1 aromatic heterocycles. The molecule has 4 heteroatoms. The van der Waals surface area contributed by atoms with E-state index in [0.717, 1.165) is 28.9 Å². The lowest BCUT2D eigenvalue weighted by Crippen LogP contribution is -2.08. The van der Waals surface area contributed by atoms with Crippen molar-refractivity contribution in [2.75, 3.05) is 19.5 Å². The standard InChI is InChI=1S/C14H16N2O2/c1-8-4-10-5-9-6-12(17-2)13(18-3)7-11(9)16-14(10)15-8/h5-8H,4H2,1-3H3,(H,15,16). The van der Waals surface area contributed by atoms with Crippen LogP contribution in [0.15, 0.2) is 18.2 Å². The normalized spacial score (nSPS) is 17.4. The summed E-state index contributed by atoms with van der Waals surface area (Å²) in [5.74, 6) is 2.44. The minimum Gasteiger partial charge on any atom is -0.493 e. The molecule has 0 fully saturated rings. The largest absolute Gasteiger partial charge is 0.493 e. The van der Waals surface area contributed by atoms with Crippen LogP contribution in [-0.2, 0) is 6.42 Å². The molecule has 1 aliphatic rings. The molecular formula is C14H16N2O2. The summed E-state index contributed by atoms with van der Waals surface area (Å²) in [6.07, 6.45) is 1.02. The maximum atomic E-state index is 5.32. The molecule has 1 aliphatic heterocycles. The highest BCUT2D eigenvalue weighted by Crippen LogP contribution is 2.34. The van der Waals surface area contributed by atoms with Crippen LogP contribution < -0.4 is 14.8 Å². The molecule has 1 aromatic carbocycles. The molecule has 1 atom stereocenters. The summed E-state index contributed by atoms with van der Waals surface area (Å²) in [5.41, 5.74) is 2.19. The highest BCUT2D eigenvalue weighted by Gasteiger charge is 2.19. The van der Waals surface area contributed by atoms with Gasteiger partial charge in [0.1, 0.15) is 5.82 Å². The van der Waals surface area contributed by atoms with E-state index in [1.165, 1.54) is 5.56 Å². The van der Waals surface area contributed by atoms with Crippen molar-refractivity contribution in [1.82, 2.24) is 4.98 Å². The van der Waals surface area contributed by atoms with Crippen molar-refractivity contribution in [2.45, 2.75) is 19.4 Å². The number of rotatable bonds is 2. The van der Waals surface area contributed by atoms with Gasteiger partial charge in [0, 0.05) is 17.5 Å². The molecule has 4 nitrogen and oxygen atoms in total. The van der Waals surface area contributed by atoms with Crippen molar-refractivity contribution in [3.63, 3.8) is 0 Å². The zero-order chi connectivity index (χ0) is 12.7. The van der Waals surface area contributed by atoms with Crippen molar-refractivity contribution < 1.29 is 9.47 Å². The minimum atomic E-state index is 0.452. The lowest BCUT2D eigenvalue weighted by Gasteiger charge is -2.09. The Morgan fingerprint density at radius 3 is 2.61 bits per heavy atom. The third-order valence-electron chi connectivity index (χ3n) is 3.31. The molecule has 1 N–H and O–H groups in total. The third kappa shape index (κ3) is 1.65. The summed E-state index contributed by atoms with van der Waals surface area (Å²) in [5, 5.41) is 4.46. The Kier molecular flexibility index (Phi) is 2.51.